The number of hydrogen-bond acceptors (Lipinski definition) is 5. The number of para-hydroxylation sites is 1. The molecule has 6 bridgehead atoms. The Morgan fingerprint density at radius 1 is 0.553 bits per heavy atom. The lowest BCUT2D eigenvalue weighted by atomic mass is 10.00. The Kier molecular flexibility index (Phi) is 11.8. The van der Waals surface area contributed by atoms with E-state index in [0.29, 0.717) is 0 Å². The summed E-state index contributed by atoms with van der Waals surface area (Å²) in [6.07, 6.45) is 21.6. The molecule has 6 heteroatoms. The molecule has 0 unspecified atom stereocenters. The largest absolute Gasteiger partial charge is 0.494 e. The molecular formula is C41H57N2O4+. The third-order valence-corrected chi connectivity index (χ3v) is 10.0. The molecule has 3 aromatic rings. The van der Waals surface area contributed by atoms with Crippen molar-refractivity contribution >= 4 is 28.5 Å². The summed E-state index contributed by atoms with van der Waals surface area (Å²) < 4.78 is 28.5. The molecule has 3 aromatic carbocycles. The van der Waals surface area contributed by atoms with Gasteiger partial charge in [-0.15, -0.1) is 0 Å². The maximum Gasteiger partial charge on any atom is 0.245 e. The second-order valence-electron chi connectivity index (χ2n) is 14.4. The highest BCUT2D eigenvalue weighted by molar-refractivity contribution is 6.03. The van der Waals surface area contributed by atoms with E-state index < -0.39 is 0 Å². The molecule has 0 saturated carbocycles. The second kappa shape index (κ2) is 16.6. The van der Waals surface area contributed by atoms with E-state index in [1.807, 2.05) is 0 Å². The predicted molar refractivity (Wildman–Crippen MR) is 194 cm³/mol. The summed E-state index contributed by atoms with van der Waals surface area (Å²) in [7, 11) is 0. The zero-order valence-electron chi connectivity index (χ0n) is 29.1. The predicted octanol–water partition coefficient (Wildman–Crippen LogP) is 10.6. The highest BCUT2D eigenvalue weighted by atomic mass is 16.5. The molecule has 0 spiro atoms. The van der Waals surface area contributed by atoms with Crippen molar-refractivity contribution in [3.8, 4) is 23.0 Å². The van der Waals surface area contributed by atoms with Crippen molar-refractivity contribution in [1.29, 1.82) is 0 Å². The molecule has 3 heterocycles. The van der Waals surface area contributed by atoms with Gasteiger partial charge in [0.2, 0.25) is 12.0 Å². The van der Waals surface area contributed by atoms with E-state index in [9.17, 15) is 0 Å². The topological polar surface area (TPSA) is 43.2 Å². The number of fused-ring (bicyclic) bond motifs is 1. The summed E-state index contributed by atoms with van der Waals surface area (Å²) >= 11 is 0. The smallest absolute Gasteiger partial charge is 0.245 e. The number of rotatable bonds is 0. The SMILES string of the molecule is CC1(C)C[N+]2=CN1c1c3ccc4ccc(cc14)OCCCCCCCCCCOc1cccc(c12)OCCCCCCCCCCO3. The van der Waals surface area contributed by atoms with E-state index in [1.54, 1.807) is 0 Å². The molecule has 0 aromatic heterocycles. The minimum Gasteiger partial charge on any atom is -0.494 e. The maximum atomic E-state index is 6.66. The van der Waals surface area contributed by atoms with Crippen LogP contribution < -0.4 is 23.8 Å². The summed E-state index contributed by atoms with van der Waals surface area (Å²) in [5.74, 6) is 3.66. The first kappa shape index (κ1) is 33.5. The van der Waals surface area contributed by atoms with Gasteiger partial charge in [-0.1, -0.05) is 95.2 Å². The molecule has 0 fully saturated rings. The minimum absolute atomic E-state index is 0.231. The summed E-state index contributed by atoms with van der Waals surface area (Å²) in [6, 6.07) is 17.2. The van der Waals surface area contributed by atoms with Gasteiger partial charge in [0.25, 0.3) is 0 Å². The van der Waals surface area contributed by atoms with Gasteiger partial charge in [-0.05, 0) is 75.2 Å². The van der Waals surface area contributed by atoms with E-state index in [-0.39, 0.29) is 5.54 Å². The average molecular weight is 642 g/mol. The third-order valence-electron chi connectivity index (χ3n) is 10.0. The van der Waals surface area contributed by atoms with Crippen molar-refractivity contribution in [3.05, 3.63) is 48.5 Å². The van der Waals surface area contributed by atoms with E-state index in [4.69, 9.17) is 18.9 Å². The van der Waals surface area contributed by atoms with Gasteiger partial charge in [0.1, 0.15) is 17.8 Å². The molecular weight excluding hydrogens is 584 g/mol. The fourth-order valence-corrected chi connectivity index (χ4v) is 7.33. The molecule has 47 heavy (non-hydrogen) atoms. The Labute approximate surface area is 283 Å². The monoisotopic (exact) mass is 641 g/mol. The Bertz CT molecular complexity index is 1480. The molecule has 0 atom stereocenters. The van der Waals surface area contributed by atoms with Crippen molar-refractivity contribution in [2.45, 2.75) is 122 Å². The van der Waals surface area contributed by atoms with Gasteiger partial charge < -0.3 is 18.9 Å². The molecule has 0 N–H and O–H groups in total. The first-order valence-electron chi connectivity index (χ1n) is 18.7. The van der Waals surface area contributed by atoms with Gasteiger partial charge >= 0.3 is 0 Å². The Morgan fingerprint density at radius 2 is 1.04 bits per heavy atom. The van der Waals surface area contributed by atoms with E-state index in [2.05, 4.69) is 78.2 Å². The number of hydrogen-bond donors (Lipinski definition) is 0. The Hall–Kier alpha value is -3.41. The number of anilines is 1. The number of ether oxygens (including phenoxy) is 4. The van der Waals surface area contributed by atoms with Gasteiger partial charge in [-0.2, -0.15) is 0 Å². The molecule has 0 aliphatic carbocycles. The van der Waals surface area contributed by atoms with Crippen LogP contribution in [0.25, 0.3) is 10.8 Å². The van der Waals surface area contributed by atoms with Gasteiger partial charge in [0.15, 0.2) is 22.9 Å². The van der Waals surface area contributed by atoms with E-state index in [0.717, 1.165) is 98.4 Å². The van der Waals surface area contributed by atoms with Crippen LogP contribution in [-0.4, -0.2) is 49.4 Å². The van der Waals surface area contributed by atoms with Crippen molar-refractivity contribution < 1.29 is 23.5 Å². The van der Waals surface area contributed by atoms with Crippen molar-refractivity contribution in [2.24, 2.45) is 0 Å². The normalized spacial score (nSPS) is 20.6. The molecule has 6 rings (SSSR count). The van der Waals surface area contributed by atoms with Crippen LogP contribution >= 0.6 is 0 Å². The quantitative estimate of drug-likeness (QED) is 0.229. The van der Waals surface area contributed by atoms with Gasteiger partial charge in [0, 0.05) is 5.39 Å². The zero-order valence-corrected chi connectivity index (χ0v) is 29.1. The lowest BCUT2D eigenvalue weighted by molar-refractivity contribution is -0.434. The standard InChI is InChI=1S/C41H57N2O4/c1-41(2)31-42-32-43(41)39-35-30-34-24-22-33(35)23-25-38(39)47-29-18-14-10-6-5-9-13-17-28-46-37-21-19-20-36(40(37)42)45-27-16-12-8-4-3-7-11-15-26-44-34/h19-25,30,32H,3-18,26-29,31H2,1-2H3/q+1. The van der Waals surface area contributed by atoms with Crippen LogP contribution in [0.4, 0.5) is 11.4 Å². The fraction of sp³-hybridized carbons (Fsp3) is 0.585. The van der Waals surface area contributed by atoms with E-state index >= 15 is 0 Å². The van der Waals surface area contributed by atoms with E-state index in [1.165, 1.54) is 82.4 Å². The highest BCUT2D eigenvalue weighted by Crippen LogP contribution is 2.45. The molecule has 0 amide bonds. The van der Waals surface area contributed by atoms with Crippen LogP contribution in [0.5, 0.6) is 23.0 Å². The Balaban J connectivity index is 1.45. The summed E-state index contributed by atoms with van der Waals surface area (Å²) in [6.45, 7) is 8.35. The van der Waals surface area contributed by atoms with Gasteiger partial charge in [-0.3, -0.25) is 0 Å². The summed E-state index contributed by atoms with van der Waals surface area (Å²) in [5, 5.41) is 2.34. The molecule has 0 saturated heterocycles. The van der Waals surface area contributed by atoms with Crippen LogP contribution in [0.15, 0.2) is 48.5 Å². The van der Waals surface area contributed by atoms with Gasteiger partial charge in [-0.25, -0.2) is 9.48 Å². The minimum atomic E-state index is -0.231. The first-order chi connectivity index (χ1) is 23.1. The number of nitrogens with zero attached hydrogens (tertiary/aromatic N) is 2. The van der Waals surface area contributed by atoms with Crippen molar-refractivity contribution in [2.75, 3.05) is 37.9 Å². The fourth-order valence-electron chi connectivity index (χ4n) is 7.33. The highest BCUT2D eigenvalue weighted by Gasteiger charge is 2.45. The molecule has 0 radical (unpaired) electrons. The molecule has 6 nitrogen and oxygen atoms in total. The lowest BCUT2D eigenvalue weighted by Crippen LogP contribution is -2.41. The molecule has 3 aliphatic heterocycles. The molecule has 3 aliphatic rings. The van der Waals surface area contributed by atoms with Crippen LogP contribution in [0.3, 0.4) is 0 Å². The van der Waals surface area contributed by atoms with Crippen molar-refractivity contribution in [1.82, 2.24) is 0 Å². The van der Waals surface area contributed by atoms with Crippen LogP contribution in [-0.2, 0) is 0 Å². The van der Waals surface area contributed by atoms with Crippen LogP contribution in [0.2, 0.25) is 0 Å². The van der Waals surface area contributed by atoms with Gasteiger partial charge in [0.05, 0.1) is 26.4 Å². The maximum absolute atomic E-state index is 6.66. The average Bonchev–Trinajstić information content (AvgIpc) is 3.38. The third kappa shape index (κ3) is 8.74. The van der Waals surface area contributed by atoms with Crippen LogP contribution in [0, 0.1) is 0 Å². The first-order valence-corrected chi connectivity index (χ1v) is 18.7. The number of benzene rings is 3. The zero-order chi connectivity index (χ0) is 32.3. The summed E-state index contributed by atoms with van der Waals surface area (Å²) in [5.41, 5.74) is 1.90. The summed E-state index contributed by atoms with van der Waals surface area (Å²) in [4.78, 5) is 2.42. The lowest BCUT2D eigenvalue weighted by Gasteiger charge is -2.26. The van der Waals surface area contributed by atoms with Crippen LogP contribution in [0.1, 0.15) is 117 Å². The second-order valence-corrected chi connectivity index (χ2v) is 14.4. The Morgan fingerprint density at radius 3 is 1.62 bits per heavy atom. The van der Waals surface area contributed by atoms with Crippen molar-refractivity contribution in [3.63, 3.8) is 0 Å². The molecule has 254 valence electrons.